The largest absolute Gasteiger partial charge is 0.385 e. The first-order chi connectivity index (χ1) is 12.7. The zero-order chi connectivity index (χ0) is 18.4. The van der Waals surface area contributed by atoms with Gasteiger partial charge in [-0.2, -0.15) is 0 Å². The zero-order valence-corrected chi connectivity index (χ0v) is 16.2. The molecule has 6 heteroatoms. The molecule has 2 saturated heterocycles. The Hall–Kier alpha value is -1.69. The van der Waals surface area contributed by atoms with Crippen molar-refractivity contribution in [1.29, 1.82) is 0 Å². The van der Waals surface area contributed by atoms with E-state index >= 15 is 0 Å². The lowest BCUT2D eigenvalue weighted by molar-refractivity contribution is -0.138. The summed E-state index contributed by atoms with van der Waals surface area (Å²) in [5.74, 6) is 1.40. The number of ether oxygens (including phenoxy) is 1. The lowest BCUT2D eigenvalue weighted by Gasteiger charge is -2.48. The Morgan fingerprint density at radius 1 is 1.31 bits per heavy atom. The molecule has 3 heterocycles. The highest BCUT2D eigenvalue weighted by molar-refractivity contribution is 5.77. The molecule has 2 aliphatic rings. The van der Waals surface area contributed by atoms with E-state index in [0.29, 0.717) is 18.9 Å². The summed E-state index contributed by atoms with van der Waals surface area (Å²) in [6, 6.07) is 0. The second-order valence-electron chi connectivity index (χ2n) is 7.81. The van der Waals surface area contributed by atoms with E-state index in [1.807, 2.05) is 6.20 Å². The van der Waals surface area contributed by atoms with Crippen LogP contribution in [0.25, 0.3) is 0 Å². The average molecular weight is 361 g/mol. The van der Waals surface area contributed by atoms with Gasteiger partial charge in [-0.15, -0.1) is 0 Å². The third kappa shape index (κ3) is 4.34. The molecule has 2 fully saturated rings. The van der Waals surface area contributed by atoms with Crippen molar-refractivity contribution in [2.45, 2.75) is 51.9 Å². The van der Waals surface area contributed by atoms with Crippen molar-refractivity contribution in [3.8, 4) is 0 Å². The fraction of sp³-hybridized carbons (Fsp3) is 0.750. The van der Waals surface area contributed by atoms with Gasteiger partial charge in [0.2, 0.25) is 5.91 Å². The molecule has 0 saturated carbocycles. The minimum absolute atomic E-state index is 0.202. The van der Waals surface area contributed by atoms with Crippen LogP contribution in [0, 0.1) is 5.41 Å². The van der Waals surface area contributed by atoms with E-state index in [0.717, 1.165) is 64.1 Å². The monoisotopic (exact) mass is 360 g/mol. The van der Waals surface area contributed by atoms with Crippen molar-refractivity contribution in [3.05, 3.63) is 18.1 Å². The molecule has 2 aliphatic heterocycles. The summed E-state index contributed by atoms with van der Waals surface area (Å²) < 4.78 is 5.16. The van der Waals surface area contributed by atoms with E-state index < -0.39 is 0 Å². The molecule has 1 aromatic heterocycles. The summed E-state index contributed by atoms with van der Waals surface area (Å²) in [6.07, 6.45) is 10.7. The van der Waals surface area contributed by atoms with Crippen molar-refractivity contribution in [2.24, 2.45) is 5.41 Å². The summed E-state index contributed by atoms with van der Waals surface area (Å²) >= 11 is 0. The summed E-state index contributed by atoms with van der Waals surface area (Å²) in [6.45, 7) is 6.63. The van der Waals surface area contributed by atoms with Gasteiger partial charge in [0.25, 0.3) is 0 Å². The lowest BCUT2D eigenvalue weighted by atomic mass is 9.73. The van der Waals surface area contributed by atoms with Crippen LogP contribution in [0.3, 0.4) is 0 Å². The van der Waals surface area contributed by atoms with Crippen molar-refractivity contribution >= 4 is 11.7 Å². The molecule has 1 amide bonds. The van der Waals surface area contributed by atoms with Crippen LogP contribution >= 0.6 is 0 Å². The van der Waals surface area contributed by atoms with E-state index in [-0.39, 0.29) is 5.41 Å². The van der Waals surface area contributed by atoms with Gasteiger partial charge in [-0.1, -0.05) is 13.3 Å². The van der Waals surface area contributed by atoms with Crippen LogP contribution in [-0.4, -0.2) is 60.7 Å². The first-order valence-corrected chi connectivity index (χ1v) is 9.98. The number of likely N-dealkylation sites (tertiary alicyclic amines) is 1. The fourth-order valence-corrected chi connectivity index (χ4v) is 4.51. The standard InChI is InChI=1S/C20H32N4O2/c1-3-6-17-13-21-16-22-19(17)24-10-4-8-20(15-24)9-7-18(25)23(14-20)11-5-12-26-2/h13,16H,3-12,14-15H2,1-2H3/t20-/m0/s1. The van der Waals surface area contributed by atoms with Crippen LogP contribution in [0.15, 0.2) is 12.5 Å². The Labute approximate surface area is 156 Å². The maximum Gasteiger partial charge on any atom is 0.222 e. The summed E-state index contributed by atoms with van der Waals surface area (Å²) in [5.41, 5.74) is 1.45. The molecule has 1 spiro atoms. The Balaban J connectivity index is 1.72. The molecule has 0 bridgehead atoms. The Morgan fingerprint density at radius 3 is 3.00 bits per heavy atom. The number of rotatable bonds is 7. The first-order valence-electron chi connectivity index (χ1n) is 9.98. The van der Waals surface area contributed by atoms with Crippen LogP contribution in [0.2, 0.25) is 0 Å². The van der Waals surface area contributed by atoms with Gasteiger partial charge in [0.15, 0.2) is 0 Å². The average Bonchev–Trinajstić information content (AvgIpc) is 2.66. The summed E-state index contributed by atoms with van der Waals surface area (Å²) in [7, 11) is 1.72. The highest BCUT2D eigenvalue weighted by Crippen LogP contribution is 2.40. The third-order valence-electron chi connectivity index (χ3n) is 5.77. The number of aryl methyl sites for hydroxylation is 1. The molecular formula is C20H32N4O2. The zero-order valence-electron chi connectivity index (χ0n) is 16.2. The Morgan fingerprint density at radius 2 is 2.19 bits per heavy atom. The molecule has 1 atom stereocenters. The Kier molecular flexibility index (Phi) is 6.46. The van der Waals surface area contributed by atoms with Gasteiger partial charge < -0.3 is 14.5 Å². The molecule has 144 valence electrons. The molecule has 0 N–H and O–H groups in total. The lowest BCUT2D eigenvalue weighted by Crippen LogP contribution is -2.54. The van der Waals surface area contributed by atoms with E-state index in [9.17, 15) is 4.79 Å². The van der Waals surface area contributed by atoms with Gasteiger partial charge in [0, 0.05) is 63.5 Å². The van der Waals surface area contributed by atoms with E-state index in [1.54, 1.807) is 13.4 Å². The first kappa shape index (κ1) is 19.1. The van der Waals surface area contributed by atoms with Crippen molar-refractivity contribution in [1.82, 2.24) is 14.9 Å². The molecule has 6 nitrogen and oxygen atoms in total. The minimum Gasteiger partial charge on any atom is -0.385 e. The molecule has 0 unspecified atom stereocenters. The number of nitrogens with zero attached hydrogens (tertiary/aromatic N) is 4. The van der Waals surface area contributed by atoms with Crippen LogP contribution < -0.4 is 4.90 Å². The SMILES string of the molecule is CCCc1cncnc1N1CCC[C@@]2(CCC(=O)N(CCCOC)C2)C1. The van der Waals surface area contributed by atoms with Gasteiger partial charge in [-0.05, 0) is 32.1 Å². The molecule has 3 rings (SSSR count). The van der Waals surface area contributed by atoms with Crippen LogP contribution in [0.5, 0.6) is 0 Å². The number of methoxy groups -OCH3 is 1. The van der Waals surface area contributed by atoms with Gasteiger partial charge in [0.1, 0.15) is 12.1 Å². The number of aromatic nitrogens is 2. The molecule has 0 radical (unpaired) electrons. The van der Waals surface area contributed by atoms with Crippen molar-refractivity contribution in [2.75, 3.05) is 44.8 Å². The fourth-order valence-electron chi connectivity index (χ4n) is 4.51. The van der Waals surface area contributed by atoms with E-state index in [1.165, 1.54) is 12.0 Å². The maximum atomic E-state index is 12.4. The smallest absolute Gasteiger partial charge is 0.222 e. The molecule has 0 aromatic carbocycles. The number of carbonyl (C=O) groups is 1. The maximum absolute atomic E-state index is 12.4. The summed E-state index contributed by atoms with van der Waals surface area (Å²) in [5, 5.41) is 0. The normalized spacial score (nSPS) is 23.7. The number of carbonyl (C=O) groups excluding carboxylic acids is 1. The minimum atomic E-state index is 0.202. The second-order valence-corrected chi connectivity index (χ2v) is 7.81. The van der Waals surface area contributed by atoms with Gasteiger partial charge >= 0.3 is 0 Å². The quantitative estimate of drug-likeness (QED) is 0.700. The molecular weight excluding hydrogens is 328 g/mol. The van der Waals surface area contributed by atoms with Gasteiger partial charge in [-0.3, -0.25) is 4.79 Å². The van der Waals surface area contributed by atoms with Crippen LogP contribution in [0.1, 0.15) is 51.0 Å². The van der Waals surface area contributed by atoms with E-state index in [4.69, 9.17) is 4.74 Å². The van der Waals surface area contributed by atoms with Crippen LogP contribution in [0.4, 0.5) is 5.82 Å². The number of hydrogen-bond donors (Lipinski definition) is 0. The van der Waals surface area contributed by atoms with Gasteiger partial charge in [0.05, 0.1) is 0 Å². The molecule has 0 aliphatic carbocycles. The number of hydrogen-bond acceptors (Lipinski definition) is 5. The number of anilines is 1. The van der Waals surface area contributed by atoms with Crippen molar-refractivity contribution < 1.29 is 9.53 Å². The summed E-state index contributed by atoms with van der Waals surface area (Å²) in [4.78, 5) is 25.7. The molecule has 26 heavy (non-hydrogen) atoms. The topological polar surface area (TPSA) is 58.6 Å². The predicted molar refractivity (Wildman–Crippen MR) is 102 cm³/mol. The highest BCUT2D eigenvalue weighted by atomic mass is 16.5. The number of piperidine rings is 2. The second kappa shape index (κ2) is 8.80. The predicted octanol–water partition coefficient (Wildman–Crippen LogP) is 2.67. The van der Waals surface area contributed by atoms with Crippen LogP contribution in [-0.2, 0) is 16.0 Å². The van der Waals surface area contributed by atoms with Crippen molar-refractivity contribution in [3.63, 3.8) is 0 Å². The molecule has 1 aromatic rings. The Bertz CT molecular complexity index is 609. The van der Waals surface area contributed by atoms with Gasteiger partial charge in [-0.25, -0.2) is 9.97 Å². The highest BCUT2D eigenvalue weighted by Gasteiger charge is 2.42. The number of amides is 1. The van der Waals surface area contributed by atoms with E-state index in [2.05, 4.69) is 26.7 Å². The third-order valence-corrected chi connectivity index (χ3v) is 5.77.